The predicted octanol–water partition coefficient (Wildman–Crippen LogP) is 24.7. The topological polar surface area (TPSA) is 0 Å². The van der Waals surface area contributed by atoms with E-state index in [0.717, 1.165) is 25.7 Å². The molecule has 4 aliphatic carbocycles. The van der Waals surface area contributed by atoms with Crippen LogP contribution in [-0.2, 0) is 25.7 Å². The van der Waals surface area contributed by atoms with Crippen molar-refractivity contribution in [1.29, 1.82) is 0 Å². The van der Waals surface area contributed by atoms with Crippen molar-refractivity contribution in [3.8, 4) is 44.5 Å². The summed E-state index contributed by atoms with van der Waals surface area (Å²) in [5.41, 5.74) is 42.9. The van der Waals surface area contributed by atoms with E-state index >= 15 is 0 Å². The molecule has 92 heavy (non-hydrogen) atoms. The fraction of sp³-hybridized carbons (Fsp3) is 0.196. The Morgan fingerprint density at radius 1 is 0.185 bits per heavy atom. The second-order valence-corrected chi connectivity index (χ2v) is 26.2. The molecule has 0 radical (unpaired) electrons. The molecule has 0 fully saturated rings. The molecule has 0 spiro atoms. The molecule has 0 nitrogen and oxygen atoms in total. The molecule has 0 saturated heterocycles. The third-order valence-corrected chi connectivity index (χ3v) is 20.1. The van der Waals surface area contributed by atoms with Crippen LogP contribution < -0.4 is 0 Å². The van der Waals surface area contributed by atoms with E-state index in [0.29, 0.717) is 0 Å². The summed E-state index contributed by atoms with van der Waals surface area (Å²) in [5.74, 6) is 0. The Labute approximate surface area is 550 Å². The van der Waals surface area contributed by atoms with Gasteiger partial charge in [0, 0.05) is 0 Å². The van der Waals surface area contributed by atoms with Crippen LogP contribution in [0.2, 0.25) is 0 Å². The lowest BCUT2D eigenvalue weighted by molar-refractivity contribution is 1.19. The molecular formula is C92H90. The maximum Gasteiger partial charge on any atom is -0.00107 e. The Balaban J connectivity index is 0.000000111. The fourth-order valence-corrected chi connectivity index (χ4v) is 13.5. The van der Waals surface area contributed by atoms with Crippen molar-refractivity contribution in [2.75, 3.05) is 0 Å². The van der Waals surface area contributed by atoms with Crippen LogP contribution >= 0.6 is 0 Å². The first-order valence-corrected chi connectivity index (χ1v) is 33.1. The zero-order chi connectivity index (χ0) is 64.7. The molecule has 0 aliphatic heterocycles. The summed E-state index contributed by atoms with van der Waals surface area (Å²) in [7, 11) is 0. The molecule has 4 aliphatic rings. The van der Waals surface area contributed by atoms with E-state index in [1.807, 2.05) is 0 Å². The van der Waals surface area contributed by atoms with Crippen LogP contribution in [0.15, 0.2) is 243 Å². The third kappa shape index (κ3) is 14.0. The van der Waals surface area contributed by atoms with E-state index in [9.17, 15) is 0 Å². The van der Waals surface area contributed by atoms with E-state index in [4.69, 9.17) is 0 Å². The van der Waals surface area contributed by atoms with Gasteiger partial charge in [-0.25, -0.2) is 0 Å². The molecule has 0 atom stereocenters. The van der Waals surface area contributed by atoms with Crippen LogP contribution in [0.3, 0.4) is 0 Å². The van der Waals surface area contributed by atoms with Crippen molar-refractivity contribution in [3.05, 3.63) is 365 Å². The summed E-state index contributed by atoms with van der Waals surface area (Å²) in [4.78, 5) is 0. The van der Waals surface area contributed by atoms with Crippen molar-refractivity contribution in [2.45, 2.75) is 123 Å². The minimum absolute atomic E-state index is 1.10. The van der Waals surface area contributed by atoms with Gasteiger partial charge in [0.2, 0.25) is 0 Å². The summed E-state index contributed by atoms with van der Waals surface area (Å²) in [6.07, 6.45) is 4.42. The molecule has 17 rings (SSSR count). The zero-order valence-corrected chi connectivity index (χ0v) is 56.9. The zero-order valence-electron chi connectivity index (χ0n) is 56.9. The standard InChI is InChI=1S/4C15H14.2C12H12.C8H10/c2*1-10-7-13-9-12-5-3-4-6-14(12)15(13)8-11(10)2;1-10-7-8-13-9-12-5-3-4-6-14(12)15(13)11(10)2;1-10-7-8-14-13-6-4-3-5-12(13)9-15(14)11(10)2;1-9-7-11-5-3-4-6-12(11)8-10(9)2;1-9-7-8-11-5-3-4-6-12(11)10(9)2;1-7-5-3-4-6-8(7)2/h4*3-8H,9H2,1-2H3;2*3-8H,1-2H3;3-6H,1-2H3. The molecule has 13 aromatic carbocycles. The molecule has 0 amide bonds. The molecule has 0 bridgehead atoms. The van der Waals surface area contributed by atoms with Gasteiger partial charge in [0.15, 0.2) is 0 Å². The van der Waals surface area contributed by atoms with Gasteiger partial charge in [0.05, 0.1) is 0 Å². The number of hydrogen-bond donors (Lipinski definition) is 0. The first kappa shape index (κ1) is 63.9. The highest BCUT2D eigenvalue weighted by atomic mass is 14.3. The van der Waals surface area contributed by atoms with E-state index in [2.05, 4.69) is 340 Å². The van der Waals surface area contributed by atoms with E-state index in [1.165, 1.54) is 188 Å². The molecule has 13 aromatic rings. The first-order valence-electron chi connectivity index (χ1n) is 33.1. The summed E-state index contributed by atoms with van der Waals surface area (Å²) in [6, 6.07) is 87.5. The molecular weight excluding hydrogens is 1110 g/mol. The summed E-state index contributed by atoms with van der Waals surface area (Å²) in [5, 5.41) is 5.37. The Kier molecular flexibility index (Phi) is 19.6. The van der Waals surface area contributed by atoms with E-state index in [1.54, 1.807) is 0 Å². The number of fused-ring (bicyclic) bond motifs is 14. The van der Waals surface area contributed by atoms with Crippen molar-refractivity contribution < 1.29 is 0 Å². The van der Waals surface area contributed by atoms with E-state index in [-0.39, 0.29) is 0 Å². The van der Waals surface area contributed by atoms with Gasteiger partial charge in [-0.1, -0.05) is 243 Å². The molecule has 0 heteroatoms. The maximum absolute atomic E-state index is 2.34. The Bertz CT molecular complexity index is 4660. The molecule has 0 N–H and O–H groups in total. The van der Waals surface area contributed by atoms with Gasteiger partial charge in [-0.05, 0) is 311 Å². The van der Waals surface area contributed by atoms with Gasteiger partial charge in [0.1, 0.15) is 0 Å². The summed E-state index contributed by atoms with van der Waals surface area (Å²) >= 11 is 0. The minimum atomic E-state index is 1.10. The predicted molar refractivity (Wildman–Crippen MR) is 399 cm³/mol. The Hall–Kier alpha value is -9.62. The third-order valence-electron chi connectivity index (χ3n) is 20.1. The normalized spacial score (nSPS) is 11.6. The van der Waals surface area contributed by atoms with Crippen LogP contribution in [0.5, 0.6) is 0 Å². The second kappa shape index (κ2) is 28.3. The second-order valence-electron chi connectivity index (χ2n) is 26.2. The summed E-state index contributed by atoms with van der Waals surface area (Å²) < 4.78 is 0. The van der Waals surface area contributed by atoms with Crippen molar-refractivity contribution in [1.82, 2.24) is 0 Å². The number of hydrogen-bond acceptors (Lipinski definition) is 0. The largest absolute Gasteiger partial charge is 0.0620 e. The Morgan fingerprint density at radius 2 is 0.543 bits per heavy atom. The molecule has 0 saturated carbocycles. The Morgan fingerprint density at radius 3 is 1.07 bits per heavy atom. The van der Waals surface area contributed by atoms with Crippen molar-refractivity contribution >= 4 is 21.5 Å². The lowest BCUT2D eigenvalue weighted by atomic mass is 9.97. The average Bonchev–Trinajstić information content (AvgIpc) is 1.73. The van der Waals surface area contributed by atoms with Crippen LogP contribution in [0.1, 0.15) is 122 Å². The van der Waals surface area contributed by atoms with Crippen LogP contribution in [-0.4, -0.2) is 0 Å². The van der Waals surface area contributed by atoms with Gasteiger partial charge in [-0.3, -0.25) is 0 Å². The van der Waals surface area contributed by atoms with Gasteiger partial charge >= 0.3 is 0 Å². The molecule has 0 aromatic heterocycles. The molecule has 0 heterocycles. The van der Waals surface area contributed by atoms with Gasteiger partial charge < -0.3 is 0 Å². The van der Waals surface area contributed by atoms with E-state index < -0.39 is 0 Å². The van der Waals surface area contributed by atoms with Crippen LogP contribution in [0.25, 0.3) is 66.1 Å². The number of aryl methyl sites for hydroxylation is 12. The highest BCUT2D eigenvalue weighted by molar-refractivity contribution is 5.87. The lowest BCUT2D eigenvalue weighted by Crippen LogP contribution is -1.89. The van der Waals surface area contributed by atoms with Crippen molar-refractivity contribution in [2.24, 2.45) is 0 Å². The molecule has 458 valence electrons. The number of rotatable bonds is 0. The van der Waals surface area contributed by atoms with Gasteiger partial charge in [-0.2, -0.15) is 0 Å². The monoisotopic (exact) mass is 1190 g/mol. The fourth-order valence-electron chi connectivity index (χ4n) is 13.5. The lowest BCUT2D eigenvalue weighted by Gasteiger charge is -2.08. The van der Waals surface area contributed by atoms with Gasteiger partial charge in [-0.15, -0.1) is 0 Å². The quantitative estimate of drug-likeness (QED) is 0.142. The first-order chi connectivity index (χ1) is 44.4. The number of benzene rings is 13. The maximum atomic E-state index is 2.34. The van der Waals surface area contributed by atoms with Crippen LogP contribution in [0, 0.1) is 96.9 Å². The molecule has 0 unspecified atom stereocenters. The highest BCUT2D eigenvalue weighted by Gasteiger charge is 2.23. The average molecular weight is 1200 g/mol. The van der Waals surface area contributed by atoms with Crippen LogP contribution in [0.4, 0.5) is 0 Å². The highest BCUT2D eigenvalue weighted by Crippen LogP contribution is 2.42. The minimum Gasteiger partial charge on any atom is -0.0620 e. The SMILES string of the molecule is Cc1cc2c(cc1C)-c1ccccc1C2.Cc1cc2c(cc1C)-c1ccccc1C2.Cc1cc2ccccc2cc1C.Cc1ccc2c(c1C)-c1ccccc1C2.Cc1ccc2c(c1C)Cc1ccccc1-2.Cc1ccc2ccccc2c1C.Cc1ccccc1C. The van der Waals surface area contributed by atoms with Gasteiger partial charge in [0.25, 0.3) is 0 Å². The smallest absolute Gasteiger partial charge is 0.00107 e. The summed E-state index contributed by atoms with van der Waals surface area (Å²) in [6.45, 7) is 30.5. The van der Waals surface area contributed by atoms with Crippen molar-refractivity contribution in [3.63, 3.8) is 0 Å².